The molecule has 140 valence electrons. The van der Waals surface area contributed by atoms with E-state index in [1.807, 2.05) is 24.9 Å². The molecule has 0 N–H and O–H groups in total. The standard InChI is InChI=1S/C18H31N5O2/c1-16-14-19-23(15-16)17(2)18(24)22-5-3-4-20(8-9-22)6-7-21-10-12-25-13-11-21/h14-15,17H,3-13H2,1-2H3. The van der Waals surface area contributed by atoms with E-state index in [1.165, 1.54) is 0 Å². The maximum absolute atomic E-state index is 12.8. The zero-order valence-corrected chi connectivity index (χ0v) is 15.6. The summed E-state index contributed by atoms with van der Waals surface area (Å²) in [5.74, 6) is 0.179. The Morgan fingerprint density at radius 3 is 2.52 bits per heavy atom. The fraction of sp³-hybridized carbons (Fsp3) is 0.778. The Morgan fingerprint density at radius 2 is 1.84 bits per heavy atom. The van der Waals surface area contributed by atoms with E-state index < -0.39 is 0 Å². The van der Waals surface area contributed by atoms with Gasteiger partial charge in [-0.2, -0.15) is 5.10 Å². The van der Waals surface area contributed by atoms with Crippen LogP contribution in [0.5, 0.6) is 0 Å². The van der Waals surface area contributed by atoms with Gasteiger partial charge in [-0.15, -0.1) is 0 Å². The number of carbonyl (C=O) groups excluding carboxylic acids is 1. The normalized spacial score (nSPS) is 21.9. The fourth-order valence-electron chi connectivity index (χ4n) is 3.54. The lowest BCUT2D eigenvalue weighted by Crippen LogP contribution is -2.43. The number of amides is 1. The van der Waals surface area contributed by atoms with Crippen LogP contribution in [0.15, 0.2) is 12.4 Å². The second-order valence-electron chi connectivity index (χ2n) is 7.15. The van der Waals surface area contributed by atoms with E-state index in [-0.39, 0.29) is 11.9 Å². The van der Waals surface area contributed by atoms with Crippen molar-refractivity contribution >= 4 is 5.91 Å². The number of aromatic nitrogens is 2. The van der Waals surface area contributed by atoms with E-state index in [9.17, 15) is 4.79 Å². The van der Waals surface area contributed by atoms with Gasteiger partial charge in [-0.1, -0.05) is 0 Å². The molecule has 3 heterocycles. The van der Waals surface area contributed by atoms with Gasteiger partial charge in [0.15, 0.2) is 0 Å². The number of morpholine rings is 1. The van der Waals surface area contributed by atoms with Crippen molar-refractivity contribution in [3.63, 3.8) is 0 Å². The van der Waals surface area contributed by atoms with E-state index in [0.717, 1.165) is 77.6 Å². The van der Waals surface area contributed by atoms with Gasteiger partial charge >= 0.3 is 0 Å². The Kier molecular flexibility index (Phi) is 6.45. The first kappa shape index (κ1) is 18.4. The molecule has 2 saturated heterocycles. The highest BCUT2D eigenvalue weighted by molar-refractivity contribution is 5.80. The Balaban J connectivity index is 1.46. The predicted octanol–water partition coefficient (Wildman–Crippen LogP) is 0.619. The number of hydrogen-bond acceptors (Lipinski definition) is 5. The summed E-state index contributed by atoms with van der Waals surface area (Å²) >= 11 is 0. The van der Waals surface area contributed by atoms with Crippen molar-refractivity contribution in [2.24, 2.45) is 0 Å². The molecule has 0 radical (unpaired) electrons. The largest absolute Gasteiger partial charge is 0.379 e. The van der Waals surface area contributed by atoms with Crippen molar-refractivity contribution in [1.82, 2.24) is 24.5 Å². The minimum atomic E-state index is -0.228. The summed E-state index contributed by atoms with van der Waals surface area (Å²) in [4.78, 5) is 19.8. The van der Waals surface area contributed by atoms with Crippen molar-refractivity contribution in [3.8, 4) is 0 Å². The van der Waals surface area contributed by atoms with Gasteiger partial charge in [0.25, 0.3) is 0 Å². The molecule has 1 amide bonds. The molecule has 1 atom stereocenters. The number of rotatable bonds is 5. The molecule has 2 aliphatic rings. The number of ether oxygens (including phenoxy) is 1. The number of aryl methyl sites for hydroxylation is 1. The van der Waals surface area contributed by atoms with Gasteiger partial charge in [-0.25, -0.2) is 0 Å². The van der Waals surface area contributed by atoms with Crippen LogP contribution in [0.2, 0.25) is 0 Å². The van der Waals surface area contributed by atoms with Crippen LogP contribution in [0.3, 0.4) is 0 Å². The minimum Gasteiger partial charge on any atom is -0.379 e. The topological polar surface area (TPSA) is 53.8 Å². The Hall–Kier alpha value is -1.44. The van der Waals surface area contributed by atoms with Crippen LogP contribution in [0.25, 0.3) is 0 Å². The molecule has 2 aliphatic heterocycles. The smallest absolute Gasteiger partial charge is 0.247 e. The van der Waals surface area contributed by atoms with Gasteiger partial charge in [0, 0.05) is 52.0 Å². The SMILES string of the molecule is Cc1cnn(C(C)C(=O)N2CCCN(CCN3CCOCC3)CC2)c1. The van der Waals surface area contributed by atoms with Crippen molar-refractivity contribution in [2.45, 2.75) is 26.3 Å². The number of carbonyl (C=O) groups is 1. The molecular formula is C18H31N5O2. The van der Waals surface area contributed by atoms with Gasteiger partial charge in [0.1, 0.15) is 6.04 Å². The molecule has 2 fully saturated rings. The zero-order chi connectivity index (χ0) is 17.6. The van der Waals surface area contributed by atoms with Gasteiger partial charge in [-0.05, 0) is 32.4 Å². The minimum absolute atomic E-state index is 0.179. The molecule has 1 unspecified atom stereocenters. The van der Waals surface area contributed by atoms with E-state index in [2.05, 4.69) is 14.9 Å². The van der Waals surface area contributed by atoms with E-state index in [0.29, 0.717) is 0 Å². The van der Waals surface area contributed by atoms with Crippen molar-refractivity contribution in [2.75, 3.05) is 65.6 Å². The van der Waals surface area contributed by atoms with Crippen LogP contribution in [0, 0.1) is 6.92 Å². The zero-order valence-electron chi connectivity index (χ0n) is 15.6. The number of hydrogen-bond donors (Lipinski definition) is 0. The quantitative estimate of drug-likeness (QED) is 0.780. The highest BCUT2D eigenvalue weighted by atomic mass is 16.5. The lowest BCUT2D eigenvalue weighted by atomic mass is 10.2. The fourth-order valence-corrected chi connectivity index (χ4v) is 3.54. The van der Waals surface area contributed by atoms with Crippen molar-refractivity contribution in [1.29, 1.82) is 0 Å². The Morgan fingerprint density at radius 1 is 1.12 bits per heavy atom. The van der Waals surface area contributed by atoms with Crippen molar-refractivity contribution < 1.29 is 9.53 Å². The summed E-state index contributed by atoms with van der Waals surface area (Å²) in [6.07, 6.45) is 4.79. The van der Waals surface area contributed by atoms with Crippen LogP contribution >= 0.6 is 0 Å². The summed E-state index contributed by atoms with van der Waals surface area (Å²) in [6, 6.07) is -0.228. The van der Waals surface area contributed by atoms with Gasteiger partial charge in [-0.3, -0.25) is 14.4 Å². The van der Waals surface area contributed by atoms with Crippen molar-refractivity contribution in [3.05, 3.63) is 18.0 Å². The Bertz CT molecular complexity index is 555. The van der Waals surface area contributed by atoms with Gasteiger partial charge in [0.05, 0.1) is 19.4 Å². The van der Waals surface area contributed by atoms with Gasteiger partial charge in [0.2, 0.25) is 5.91 Å². The summed E-state index contributed by atoms with van der Waals surface area (Å²) in [5, 5.41) is 4.29. The molecule has 0 bridgehead atoms. The van der Waals surface area contributed by atoms with Crippen LogP contribution in [0.4, 0.5) is 0 Å². The average molecular weight is 349 g/mol. The van der Waals surface area contributed by atoms with E-state index >= 15 is 0 Å². The van der Waals surface area contributed by atoms with Crippen LogP contribution in [-0.4, -0.2) is 96.0 Å². The molecule has 7 heteroatoms. The molecule has 0 aliphatic carbocycles. The monoisotopic (exact) mass is 349 g/mol. The molecule has 7 nitrogen and oxygen atoms in total. The van der Waals surface area contributed by atoms with Crippen LogP contribution < -0.4 is 0 Å². The van der Waals surface area contributed by atoms with Crippen LogP contribution in [0.1, 0.15) is 24.9 Å². The van der Waals surface area contributed by atoms with Gasteiger partial charge < -0.3 is 14.5 Å². The van der Waals surface area contributed by atoms with E-state index in [1.54, 1.807) is 10.9 Å². The second kappa shape index (κ2) is 8.78. The van der Waals surface area contributed by atoms with Crippen LogP contribution in [-0.2, 0) is 9.53 Å². The molecule has 0 spiro atoms. The third-order valence-corrected chi connectivity index (χ3v) is 5.22. The lowest BCUT2D eigenvalue weighted by Gasteiger charge is -2.29. The maximum Gasteiger partial charge on any atom is 0.247 e. The highest BCUT2D eigenvalue weighted by Crippen LogP contribution is 2.13. The Labute approximate surface area is 150 Å². The average Bonchev–Trinajstić information content (AvgIpc) is 2.93. The molecule has 1 aromatic rings. The summed E-state index contributed by atoms with van der Waals surface area (Å²) < 4.78 is 7.18. The third kappa shape index (κ3) is 5.03. The molecule has 3 rings (SSSR count). The molecular weight excluding hydrogens is 318 g/mol. The summed E-state index contributed by atoms with van der Waals surface area (Å²) in [5.41, 5.74) is 1.09. The first-order valence-electron chi connectivity index (χ1n) is 9.45. The first-order chi connectivity index (χ1) is 12.1. The maximum atomic E-state index is 12.8. The third-order valence-electron chi connectivity index (χ3n) is 5.22. The number of nitrogens with zero attached hydrogens (tertiary/aromatic N) is 5. The molecule has 1 aromatic heterocycles. The molecule has 0 saturated carbocycles. The first-order valence-corrected chi connectivity index (χ1v) is 9.45. The molecule has 25 heavy (non-hydrogen) atoms. The summed E-state index contributed by atoms with van der Waals surface area (Å²) in [7, 11) is 0. The summed E-state index contributed by atoms with van der Waals surface area (Å²) in [6.45, 7) is 13.6. The lowest BCUT2D eigenvalue weighted by molar-refractivity contribution is -0.134. The predicted molar refractivity (Wildman–Crippen MR) is 96.6 cm³/mol. The molecule has 0 aromatic carbocycles. The highest BCUT2D eigenvalue weighted by Gasteiger charge is 2.25. The second-order valence-corrected chi connectivity index (χ2v) is 7.15. The van der Waals surface area contributed by atoms with E-state index in [4.69, 9.17) is 4.74 Å².